The molecule has 1 N–H and O–H groups in total. The molecule has 0 radical (unpaired) electrons. The van der Waals surface area contributed by atoms with E-state index in [1.807, 2.05) is 17.4 Å². The third-order valence-electron chi connectivity index (χ3n) is 3.28. The van der Waals surface area contributed by atoms with E-state index < -0.39 is 0 Å². The molecule has 1 fully saturated rings. The molecule has 2 aromatic rings. The fraction of sp³-hybridized carbons (Fsp3) is 0.400. The van der Waals surface area contributed by atoms with Gasteiger partial charge >= 0.3 is 0 Å². The number of hydrogen-bond donors (Lipinski definition) is 1. The average molecular weight is 273 g/mol. The third kappa shape index (κ3) is 3.07. The highest BCUT2D eigenvalue weighted by molar-refractivity contribution is 7.09. The monoisotopic (exact) mass is 273 g/mol. The summed E-state index contributed by atoms with van der Waals surface area (Å²) >= 11 is 1.82. The second-order valence-electron chi connectivity index (χ2n) is 4.85. The predicted molar refractivity (Wildman–Crippen MR) is 81.9 cm³/mol. The Labute approximate surface area is 118 Å². The van der Waals surface area contributed by atoms with Crippen LogP contribution in [0.25, 0.3) is 0 Å². The minimum atomic E-state index is 0.673. The van der Waals surface area contributed by atoms with E-state index in [2.05, 4.69) is 46.8 Å². The van der Waals surface area contributed by atoms with E-state index in [1.165, 1.54) is 17.7 Å². The first-order valence-electron chi connectivity index (χ1n) is 6.87. The molecule has 1 aliphatic rings. The quantitative estimate of drug-likeness (QED) is 0.869. The number of anilines is 2. The molecule has 4 heteroatoms. The highest BCUT2D eigenvalue weighted by Crippen LogP contribution is 2.33. The zero-order valence-corrected chi connectivity index (χ0v) is 12.0. The summed E-state index contributed by atoms with van der Waals surface area (Å²) in [6.45, 7) is 3.98. The van der Waals surface area contributed by atoms with Crippen molar-refractivity contribution in [1.29, 1.82) is 0 Å². The van der Waals surface area contributed by atoms with Gasteiger partial charge in [0.05, 0.1) is 6.54 Å². The molecular weight excluding hydrogens is 254 g/mol. The summed E-state index contributed by atoms with van der Waals surface area (Å²) in [5.41, 5.74) is 0. The van der Waals surface area contributed by atoms with Gasteiger partial charge in [0.2, 0.25) is 0 Å². The fourth-order valence-corrected chi connectivity index (χ4v) is 2.92. The lowest BCUT2D eigenvalue weighted by molar-refractivity contribution is 0.787. The molecule has 0 amide bonds. The van der Waals surface area contributed by atoms with Gasteiger partial charge in [0.1, 0.15) is 11.6 Å². The van der Waals surface area contributed by atoms with Crippen LogP contribution in [0.4, 0.5) is 11.6 Å². The van der Waals surface area contributed by atoms with Crippen LogP contribution in [0.3, 0.4) is 0 Å². The van der Waals surface area contributed by atoms with E-state index in [0.717, 1.165) is 24.7 Å². The Morgan fingerprint density at radius 1 is 1.32 bits per heavy atom. The van der Waals surface area contributed by atoms with Crippen LogP contribution in [-0.4, -0.2) is 17.6 Å². The van der Waals surface area contributed by atoms with Crippen LogP contribution in [0.1, 0.15) is 24.6 Å². The second-order valence-corrected chi connectivity index (χ2v) is 5.88. The molecule has 0 bridgehead atoms. The van der Waals surface area contributed by atoms with E-state index >= 15 is 0 Å². The van der Waals surface area contributed by atoms with E-state index in [9.17, 15) is 0 Å². The zero-order chi connectivity index (χ0) is 13.1. The number of rotatable bonds is 6. The molecule has 3 nitrogen and oxygen atoms in total. The summed E-state index contributed by atoms with van der Waals surface area (Å²) in [6, 6.07) is 11.2. The molecule has 3 rings (SSSR count). The number of aromatic nitrogens is 1. The zero-order valence-electron chi connectivity index (χ0n) is 11.2. The van der Waals surface area contributed by atoms with Crippen molar-refractivity contribution in [1.82, 2.24) is 4.98 Å². The van der Waals surface area contributed by atoms with Crippen LogP contribution < -0.4 is 10.2 Å². The van der Waals surface area contributed by atoms with Gasteiger partial charge in [-0.25, -0.2) is 4.98 Å². The molecule has 1 saturated carbocycles. The van der Waals surface area contributed by atoms with Gasteiger partial charge in [-0.15, -0.1) is 11.3 Å². The van der Waals surface area contributed by atoms with Gasteiger partial charge in [-0.2, -0.15) is 0 Å². The molecule has 0 unspecified atom stereocenters. The molecule has 100 valence electrons. The van der Waals surface area contributed by atoms with Crippen LogP contribution in [0.15, 0.2) is 35.7 Å². The van der Waals surface area contributed by atoms with Crippen molar-refractivity contribution in [3.8, 4) is 0 Å². The maximum atomic E-state index is 4.72. The Kier molecular flexibility index (Phi) is 3.69. The first kappa shape index (κ1) is 12.5. The van der Waals surface area contributed by atoms with Gasteiger partial charge in [-0.1, -0.05) is 12.1 Å². The average Bonchev–Trinajstić information content (AvgIpc) is 3.14. The second kappa shape index (κ2) is 5.61. The summed E-state index contributed by atoms with van der Waals surface area (Å²) in [7, 11) is 0. The minimum absolute atomic E-state index is 0.673. The molecule has 0 spiro atoms. The summed E-state index contributed by atoms with van der Waals surface area (Å²) in [5, 5.41) is 5.43. The molecule has 2 aromatic heterocycles. The molecule has 1 aliphatic carbocycles. The topological polar surface area (TPSA) is 28.2 Å². The van der Waals surface area contributed by atoms with Gasteiger partial charge in [0.15, 0.2) is 0 Å². The van der Waals surface area contributed by atoms with E-state index in [1.54, 1.807) is 0 Å². The van der Waals surface area contributed by atoms with E-state index in [0.29, 0.717) is 6.04 Å². The summed E-state index contributed by atoms with van der Waals surface area (Å²) in [4.78, 5) is 8.57. The number of pyridine rings is 1. The maximum absolute atomic E-state index is 4.72. The van der Waals surface area contributed by atoms with Crippen LogP contribution in [0.2, 0.25) is 0 Å². The van der Waals surface area contributed by atoms with Crippen molar-refractivity contribution in [2.24, 2.45) is 0 Å². The van der Waals surface area contributed by atoms with Crippen LogP contribution >= 0.6 is 11.3 Å². The lowest BCUT2D eigenvalue weighted by Crippen LogP contribution is -2.25. The van der Waals surface area contributed by atoms with Gasteiger partial charge in [-0.3, -0.25) is 0 Å². The summed E-state index contributed by atoms with van der Waals surface area (Å²) in [6.07, 6.45) is 2.58. The SMILES string of the molecule is CCNc1cccc(N(Cc2cccs2)C2CC2)n1. The Hall–Kier alpha value is -1.55. The molecule has 0 atom stereocenters. The first-order valence-corrected chi connectivity index (χ1v) is 7.74. The highest BCUT2D eigenvalue weighted by atomic mass is 32.1. The molecule has 0 aliphatic heterocycles. The predicted octanol–water partition coefficient (Wildman–Crippen LogP) is 3.74. The highest BCUT2D eigenvalue weighted by Gasteiger charge is 2.30. The van der Waals surface area contributed by atoms with Crippen molar-refractivity contribution < 1.29 is 0 Å². The van der Waals surface area contributed by atoms with Crippen LogP contribution in [0.5, 0.6) is 0 Å². The smallest absolute Gasteiger partial charge is 0.131 e. The summed E-state index contributed by atoms with van der Waals surface area (Å²) < 4.78 is 0. The molecule has 2 heterocycles. The van der Waals surface area contributed by atoms with Gasteiger partial charge in [-0.05, 0) is 43.3 Å². The van der Waals surface area contributed by atoms with E-state index in [-0.39, 0.29) is 0 Å². The van der Waals surface area contributed by atoms with Crippen LogP contribution in [-0.2, 0) is 6.54 Å². The Morgan fingerprint density at radius 2 is 2.21 bits per heavy atom. The van der Waals surface area contributed by atoms with E-state index in [4.69, 9.17) is 4.98 Å². The Morgan fingerprint density at radius 3 is 2.89 bits per heavy atom. The lowest BCUT2D eigenvalue weighted by atomic mass is 10.3. The maximum Gasteiger partial charge on any atom is 0.131 e. The van der Waals surface area contributed by atoms with Crippen molar-refractivity contribution in [2.75, 3.05) is 16.8 Å². The van der Waals surface area contributed by atoms with Crippen molar-refractivity contribution in [3.63, 3.8) is 0 Å². The largest absolute Gasteiger partial charge is 0.370 e. The van der Waals surface area contributed by atoms with Crippen LogP contribution in [0, 0.1) is 0 Å². The fourth-order valence-electron chi connectivity index (χ4n) is 2.22. The van der Waals surface area contributed by atoms with Gasteiger partial charge < -0.3 is 10.2 Å². The molecule has 0 saturated heterocycles. The standard InChI is InChI=1S/C15H19N3S/c1-2-16-14-6-3-7-15(17-14)18(12-8-9-12)11-13-5-4-10-19-13/h3-7,10,12H,2,8-9,11H2,1H3,(H,16,17). The minimum Gasteiger partial charge on any atom is -0.370 e. The van der Waals surface area contributed by atoms with Crippen molar-refractivity contribution in [3.05, 3.63) is 40.6 Å². The molecular formula is C15H19N3S. The number of nitrogens with zero attached hydrogens (tertiary/aromatic N) is 2. The van der Waals surface area contributed by atoms with Gasteiger partial charge in [0, 0.05) is 17.5 Å². The number of nitrogens with one attached hydrogen (secondary N) is 1. The summed E-state index contributed by atoms with van der Waals surface area (Å²) in [5.74, 6) is 2.06. The number of thiophene rings is 1. The lowest BCUT2D eigenvalue weighted by Gasteiger charge is -2.23. The molecule has 19 heavy (non-hydrogen) atoms. The molecule has 0 aromatic carbocycles. The van der Waals surface area contributed by atoms with Gasteiger partial charge in [0.25, 0.3) is 0 Å². The normalized spacial score (nSPS) is 14.4. The first-order chi connectivity index (χ1) is 9.36. The Balaban J connectivity index is 1.81. The van der Waals surface area contributed by atoms with Crippen molar-refractivity contribution in [2.45, 2.75) is 32.4 Å². The van der Waals surface area contributed by atoms with Crippen molar-refractivity contribution >= 4 is 23.0 Å². The Bertz CT molecular complexity index is 520. The third-order valence-corrected chi connectivity index (χ3v) is 4.14. The number of hydrogen-bond acceptors (Lipinski definition) is 4.